The number of hydrogen-bond donors (Lipinski definition) is 1. The third-order valence-electron chi connectivity index (χ3n) is 5.84. The lowest BCUT2D eigenvalue weighted by atomic mass is 9.95. The molecule has 0 bridgehead atoms. The molecular formula is C28H22N2O4. The first-order chi connectivity index (χ1) is 16.6. The smallest absolute Gasteiger partial charge is 0.249 e. The summed E-state index contributed by atoms with van der Waals surface area (Å²) in [5, 5.41) is 0. The summed E-state index contributed by atoms with van der Waals surface area (Å²) in [5.74, 6) is 0.454. The maximum atomic E-state index is 12.8. The van der Waals surface area contributed by atoms with E-state index >= 15 is 0 Å². The third-order valence-corrected chi connectivity index (χ3v) is 5.84. The zero-order valence-corrected chi connectivity index (χ0v) is 18.3. The molecule has 6 nitrogen and oxygen atoms in total. The highest BCUT2D eigenvalue weighted by atomic mass is 16.5. The maximum Gasteiger partial charge on any atom is 0.249 e. The van der Waals surface area contributed by atoms with Crippen LogP contribution in [0.4, 0.5) is 0 Å². The van der Waals surface area contributed by atoms with Crippen molar-refractivity contribution in [2.75, 3.05) is 0 Å². The molecule has 0 radical (unpaired) electrons. The Bertz CT molecular complexity index is 1340. The molecule has 1 aliphatic heterocycles. The highest BCUT2D eigenvalue weighted by molar-refractivity contribution is 6.00. The Morgan fingerprint density at radius 1 is 0.971 bits per heavy atom. The summed E-state index contributed by atoms with van der Waals surface area (Å²) in [4.78, 5) is 29.0. The van der Waals surface area contributed by atoms with E-state index in [2.05, 4.69) is 4.98 Å². The van der Waals surface area contributed by atoms with Crippen molar-refractivity contribution >= 4 is 11.7 Å². The lowest BCUT2D eigenvalue weighted by Crippen LogP contribution is -2.21. The van der Waals surface area contributed by atoms with Gasteiger partial charge in [-0.05, 0) is 41.5 Å². The normalized spacial score (nSPS) is 15.6. The lowest BCUT2D eigenvalue weighted by Gasteiger charge is -2.27. The number of primary amides is 1. The van der Waals surface area contributed by atoms with Crippen LogP contribution in [0.2, 0.25) is 0 Å². The van der Waals surface area contributed by atoms with Crippen LogP contribution in [0, 0.1) is 0 Å². The molecule has 0 unspecified atom stereocenters. The second kappa shape index (κ2) is 9.19. The molecule has 3 aromatic carbocycles. The van der Waals surface area contributed by atoms with Crippen LogP contribution in [0.3, 0.4) is 0 Å². The fourth-order valence-electron chi connectivity index (χ4n) is 4.17. The minimum Gasteiger partial charge on any atom is -0.484 e. The molecule has 168 valence electrons. The van der Waals surface area contributed by atoms with Crippen molar-refractivity contribution in [3.05, 3.63) is 125 Å². The van der Waals surface area contributed by atoms with E-state index in [4.69, 9.17) is 15.2 Å². The molecule has 6 heteroatoms. The van der Waals surface area contributed by atoms with Gasteiger partial charge in [0, 0.05) is 29.6 Å². The molecule has 0 aliphatic carbocycles. The van der Waals surface area contributed by atoms with Crippen LogP contribution in [-0.4, -0.2) is 16.7 Å². The number of nitrogens with zero attached hydrogens (tertiary/aromatic N) is 1. The van der Waals surface area contributed by atoms with Crippen LogP contribution in [-0.2, 0) is 0 Å². The topological polar surface area (TPSA) is 91.5 Å². The average Bonchev–Trinajstić information content (AvgIpc) is 2.88. The molecule has 2 heterocycles. The summed E-state index contributed by atoms with van der Waals surface area (Å²) in [5.41, 5.74) is 8.92. The number of amides is 1. The Labute approximate surface area is 197 Å². The monoisotopic (exact) mass is 450 g/mol. The maximum absolute atomic E-state index is 12.8. The van der Waals surface area contributed by atoms with E-state index in [0.29, 0.717) is 28.2 Å². The SMILES string of the molecule is NC(=O)c1ccccc1[C@@H](Oc1ccc2c(c1)O[C@H](c1ccccc1)CC2=O)c1ccncc1. The van der Waals surface area contributed by atoms with Gasteiger partial charge in [0.05, 0.1) is 12.0 Å². The van der Waals surface area contributed by atoms with Crippen molar-refractivity contribution in [1.82, 2.24) is 4.98 Å². The third kappa shape index (κ3) is 4.26. The number of ketones is 1. The van der Waals surface area contributed by atoms with Gasteiger partial charge in [0.25, 0.3) is 0 Å². The van der Waals surface area contributed by atoms with E-state index < -0.39 is 12.0 Å². The summed E-state index contributed by atoms with van der Waals surface area (Å²) in [6.45, 7) is 0. The number of carbonyl (C=O) groups is 2. The summed E-state index contributed by atoms with van der Waals surface area (Å²) in [7, 11) is 0. The van der Waals surface area contributed by atoms with Crippen molar-refractivity contribution in [3.8, 4) is 11.5 Å². The Morgan fingerprint density at radius 3 is 2.47 bits per heavy atom. The molecule has 2 atom stereocenters. The predicted octanol–water partition coefficient (Wildman–Crippen LogP) is 5.06. The number of benzene rings is 3. The van der Waals surface area contributed by atoms with E-state index in [1.54, 1.807) is 42.7 Å². The molecule has 1 amide bonds. The average molecular weight is 450 g/mol. The molecule has 0 saturated heterocycles. The van der Waals surface area contributed by atoms with Gasteiger partial charge in [-0.1, -0.05) is 48.5 Å². The standard InChI is InChI=1S/C28H22N2O4/c29-28(32)22-9-5-4-8-21(22)27(19-12-14-30-15-13-19)33-20-10-11-23-24(31)17-25(34-26(23)16-20)18-6-2-1-3-7-18/h1-16,25,27H,17H2,(H2,29,32)/t25-,27-/m0/s1. The quantitative estimate of drug-likeness (QED) is 0.444. The number of carbonyl (C=O) groups excluding carboxylic acids is 2. The molecular weight excluding hydrogens is 428 g/mol. The van der Waals surface area contributed by atoms with Crippen LogP contribution in [0.25, 0.3) is 0 Å². The lowest BCUT2D eigenvalue weighted by molar-refractivity contribution is 0.0848. The number of aromatic nitrogens is 1. The summed E-state index contributed by atoms with van der Waals surface area (Å²) >= 11 is 0. The molecule has 34 heavy (non-hydrogen) atoms. The number of ether oxygens (including phenoxy) is 2. The number of pyridine rings is 1. The van der Waals surface area contributed by atoms with Crippen molar-refractivity contribution in [2.45, 2.75) is 18.6 Å². The molecule has 4 aromatic rings. The summed E-state index contributed by atoms with van der Waals surface area (Å²) in [6, 6.07) is 25.6. The highest BCUT2D eigenvalue weighted by Crippen LogP contribution is 2.39. The Balaban J connectivity index is 1.51. The van der Waals surface area contributed by atoms with Gasteiger partial charge >= 0.3 is 0 Å². The number of nitrogens with two attached hydrogens (primary N) is 1. The van der Waals surface area contributed by atoms with Gasteiger partial charge in [0.2, 0.25) is 5.91 Å². The largest absolute Gasteiger partial charge is 0.484 e. The second-order valence-corrected chi connectivity index (χ2v) is 8.03. The van der Waals surface area contributed by atoms with Crippen LogP contribution in [0.15, 0.2) is 97.3 Å². The molecule has 0 spiro atoms. The zero-order valence-electron chi connectivity index (χ0n) is 18.3. The number of fused-ring (bicyclic) bond motifs is 1. The van der Waals surface area contributed by atoms with E-state index in [1.165, 1.54) is 0 Å². The fraction of sp³-hybridized carbons (Fsp3) is 0.107. The number of rotatable bonds is 6. The van der Waals surface area contributed by atoms with Gasteiger partial charge in [0.15, 0.2) is 5.78 Å². The van der Waals surface area contributed by atoms with Crippen LogP contribution in [0.1, 0.15) is 56.0 Å². The zero-order chi connectivity index (χ0) is 23.5. The summed E-state index contributed by atoms with van der Waals surface area (Å²) < 4.78 is 12.6. The second-order valence-electron chi connectivity index (χ2n) is 8.03. The van der Waals surface area contributed by atoms with Gasteiger partial charge in [0.1, 0.15) is 23.7 Å². The number of hydrogen-bond acceptors (Lipinski definition) is 5. The van der Waals surface area contributed by atoms with Crippen molar-refractivity contribution in [1.29, 1.82) is 0 Å². The number of Topliss-reactive ketones (excluding diaryl/α,β-unsaturated/α-hetero) is 1. The minimum atomic E-state index is -0.617. The van der Waals surface area contributed by atoms with Crippen LogP contribution >= 0.6 is 0 Å². The van der Waals surface area contributed by atoms with Crippen LogP contribution < -0.4 is 15.2 Å². The molecule has 0 fully saturated rings. The molecule has 1 aromatic heterocycles. The molecule has 1 aliphatic rings. The molecule has 0 saturated carbocycles. The Hall–Kier alpha value is -4.45. The molecule has 2 N–H and O–H groups in total. The van der Waals surface area contributed by atoms with E-state index in [-0.39, 0.29) is 18.3 Å². The van der Waals surface area contributed by atoms with Gasteiger partial charge in [-0.15, -0.1) is 0 Å². The highest BCUT2D eigenvalue weighted by Gasteiger charge is 2.29. The predicted molar refractivity (Wildman–Crippen MR) is 127 cm³/mol. The molecule has 5 rings (SSSR count). The van der Waals surface area contributed by atoms with Crippen molar-refractivity contribution < 1.29 is 19.1 Å². The van der Waals surface area contributed by atoms with Gasteiger partial charge in [-0.2, -0.15) is 0 Å². The first kappa shape index (κ1) is 21.4. The van der Waals surface area contributed by atoms with E-state index in [9.17, 15) is 9.59 Å². The Morgan fingerprint density at radius 2 is 1.71 bits per heavy atom. The van der Waals surface area contributed by atoms with Gasteiger partial charge in [-0.25, -0.2) is 0 Å². The van der Waals surface area contributed by atoms with Gasteiger partial charge < -0.3 is 15.2 Å². The van der Waals surface area contributed by atoms with Crippen molar-refractivity contribution in [2.24, 2.45) is 5.73 Å². The van der Waals surface area contributed by atoms with E-state index in [1.807, 2.05) is 54.6 Å². The van der Waals surface area contributed by atoms with E-state index in [0.717, 1.165) is 11.1 Å². The Kier molecular flexibility index (Phi) is 5.79. The fourth-order valence-corrected chi connectivity index (χ4v) is 4.17. The van der Waals surface area contributed by atoms with Gasteiger partial charge in [-0.3, -0.25) is 14.6 Å². The first-order valence-corrected chi connectivity index (χ1v) is 10.9. The minimum absolute atomic E-state index is 0.0198. The van der Waals surface area contributed by atoms with Crippen molar-refractivity contribution in [3.63, 3.8) is 0 Å². The summed E-state index contributed by atoms with van der Waals surface area (Å²) in [6.07, 6.45) is 2.63. The first-order valence-electron chi connectivity index (χ1n) is 10.9. The van der Waals surface area contributed by atoms with Crippen LogP contribution in [0.5, 0.6) is 11.5 Å².